The molecule has 0 aromatic carbocycles. The van der Waals surface area contributed by atoms with Crippen molar-refractivity contribution in [3.05, 3.63) is 18.5 Å². The Bertz CT molecular complexity index is 507. The third kappa shape index (κ3) is 8.13. The number of carbonyl (C=O) groups is 1. The Hall–Kier alpha value is -0.570. The van der Waals surface area contributed by atoms with E-state index in [1.54, 1.807) is 0 Å². The Morgan fingerprint density at radius 2 is 2.00 bits per heavy atom. The molecule has 2 saturated heterocycles. The normalized spacial score (nSPS) is 20.7. The largest absolute Gasteiger partial charge is 0.378 e. The van der Waals surface area contributed by atoms with E-state index >= 15 is 0 Å². The minimum absolute atomic E-state index is 0. The summed E-state index contributed by atoms with van der Waals surface area (Å²) in [6.07, 6.45) is 6.46. The Kier molecular flexibility index (Phi) is 13.3. The van der Waals surface area contributed by atoms with Crippen molar-refractivity contribution < 1.29 is 9.53 Å². The van der Waals surface area contributed by atoms with Crippen molar-refractivity contribution in [1.82, 2.24) is 24.9 Å². The predicted molar refractivity (Wildman–Crippen MR) is 113 cm³/mol. The van der Waals surface area contributed by atoms with E-state index < -0.39 is 0 Å². The lowest BCUT2D eigenvalue weighted by Gasteiger charge is -2.37. The number of amides is 1. The maximum atomic E-state index is 12.5. The SMILES string of the molecule is CN(C(=O)CC1COCCN1)C1CCN(CCn2cccn2)CC1.Cl.Cl.Cl. The Morgan fingerprint density at radius 3 is 2.59 bits per heavy atom. The van der Waals surface area contributed by atoms with Crippen molar-refractivity contribution in [1.29, 1.82) is 0 Å². The first-order valence-electron chi connectivity index (χ1n) is 8.99. The van der Waals surface area contributed by atoms with E-state index in [4.69, 9.17) is 4.74 Å². The van der Waals surface area contributed by atoms with Gasteiger partial charge in [0.2, 0.25) is 5.91 Å². The average Bonchev–Trinajstić information content (AvgIpc) is 3.14. The number of nitrogens with one attached hydrogen (secondary N) is 1. The average molecular weight is 445 g/mol. The van der Waals surface area contributed by atoms with Gasteiger partial charge in [0.05, 0.1) is 19.8 Å². The third-order valence-electron chi connectivity index (χ3n) is 5.12. The fourth-order valence-electron chi connectivity index (χ4n) is 3.52. The second-order valence-corrected chi connectivity index (χ2v) is 6.78. The van der Waals surface area contributed by atoms with E-state index in [9.17, 15) is 4.79 Å². The number of morpholine rings is 1. The molecule has 2 aliphatic heterocycles. The van der Waals surface area contributed by atoms with Gasteiger partial charge in [0, 0.05) is 64.1 Å². The third-order valence-corrected chi connectivity index (χ3v) is 5.12. The minimum atomic E-state index is 0. The topological polar surface area (TPSA) is 62.6 Å². The zero-order valence-electron chi connectivity index (χ0n) is 15.8. The Labute approximate surface area is 180 Å². The van der Waals surface area contributed by atoms with Crippen LogP contribution in [-0.4, -0.2) is 84.0 Å². The van der Waals surface area contributed by atoms with Gasteiger partial charge in [0.1, 0.15) is 0 Å². The zero-order valence-corrected chi connectivity index (χ0v) is 18.2. The molecule has 0 radical (unpaired) electrons. The molecule has 0 spiro atoms. The highest BCUT2D eigenvalue weighted by Crippen LogP contribution is 2.17. The summed E-state index contributed by atoms with van der Waals surface area (Å²) >= 11 is 0. The fraction of sp³-hybridized carbons (Fsp3) is 0.765. The maximum Gasteiger partial charge on any atom is 0.224 e. The minimum Gasteiger partial charge on any atom is -0.378 e. The van der Waals surface area contributed by atoms with Gasteiger partial charge >= 0.3 is 0 Å². The van der Waals surface area contributed by atoms with E-state index in [1.165, 1.54) is 0 Å². The van der Waals surface area contributed by atoms with E-state index in [0.29, 0.717) is 19.1 Å². The molecule has 0 saturated carbocycles. The molecule has 1 N–H and O–H groups in total. The highest BCUT2D eigenvalue weighted by atomic mass is 35.5. The summed E-state index contributed by atoms with van der Waals surface area (Å²) in [6.45, 7) is 6.29. The molecule has 0 bridgehead atoms. The van der Waals surface area contributed by atoms with Crippen LogP contribution < -0.4 is 5.32 Å². The van der Waals surface area contributed by atoms with Crippen molar-refractivity contribution in [2.24, 2.45) is 0 Å². The number of aromatic nitrogens is 2. The number of carbonyl (C=O) groups excluding carboxylic acids is 1. The smallest absolute Gasteiger partial charge is 0.224 e. The molecular formula is C17H32Cl3N5O2. The molecule has 10 heteroatoms. The molecule has 3 heterocycles. The van der Waals surface area contributed by atoms with Crippen LogP contribution in [0.4, 0.5) is 0 Å². The molecule has 1 amide bonds. The molecule has 1 unspecified atom stereocenters. The second kappa shape index (κ2) is 13.6. The van der Waals surface area contributed by atoms with Gasteiger partial charge in [-0.25, -0.2) is 0 Å². The number of hydrogen-bond donors (Lipinski definition) is 1. The number of nitrogens with zero attached hydrogens (tertiary/aromatic N) is 4. The molecule has 2 fully saturated rings. The summed E-state index contributed by atoms with van der Waals surface area (Å²) in [5.41, 5.74) is 0. The first kappa shape index (κ1) is 26.4. The van der Waals surface area contributed by atoms with Crippen LogP contribution in [0.1, 0.15) is 19.3 Å². The molecule has 0 aliphatic carbocycles. The van der Waals surface area contributed by atoms with E-state index in [1.807, 2.05) is 35.1 Å². The van der Waals surface area contributed by atoms with Gasteiger partial charge in [-0.3, -0.25) is 9.48 Å². The maximum absolute atomic E-state index is 12.5. The highest BCUT2D eigenvalue weighted by molar-refractivity contribution is 5.86. The summed E-state index contributed by atoms with van der Waals surface area (Å²) in [4.78, 5) is 16.9. The molecule has 1 atom stereocenters. The summed E-state index contributed by atoms with van der Waals surface area (Å²) in [5.74, 6) is 0.230. The van der Waals surface area contributed by atoms with Crippen LogP contribution in [0.5, 0.6) is 0 Å². The first-order valence-corrected chi connectivity index (χ1v) is 8.99. The number of halogens is 3. The number of ether oxygens (including phenoxy) is 1. The molecule has 3 rings (SSSR count). The standard InChI is InChI=1S/C17H29N5O2.3ClH/c1-20(17(23)13-15-14-24-12-6-18-15)16-3-8-21(9-4-16)10-11-22-7-2-5-19-22;;;/h2,5,7,15-16,18H,3-4,6,8-14H2,1H3;3*1H. The Morgan fingerprint density at radius 1 is 1.26 bits per heavy atom. The predicted octanol–water partition coefficient (Wildman–Crippen LogP) is 1.45. The van der Waals surface area contributed by atoms with Crippen LogP contribution in [-0.2, 0) is 16.1 Å². The number of likely N-dealkylation sites (tertiary alicyclic amines) is 1. The molecule has 2 aliphatic rings. The van der Waals surface area contributed by atoms with Gasteiger partial charge < -0.3 is 19.9 Å². The summed E-state index contributed by atoms with van der Waals surface area (Å²) in [6, 6.07) is 2.49. The van der Waals surface area contributed by atoms with Gasteiger partial charge in [0.25, 0.3) is 0 Å². The summed E-state index contributed by atoms with van der Waals surface area (Å²) in [7, 11) is 1.95. The fourth-order valence-corrected chi connectivity index (χ4v) is 3.52. The molecule has 7 nitrogen and oxygen atoms in total. The number of rotatable bonds is 6. The van der Waals surface area contributed by atoms with Crippen molar-refractivity contribution in [2.75, 3.05) is 46.4 Å². The zero-order chi connectivity index (χ0) is 16.8. The molecule has 1 aromatic rings. The molecule has 27 heavy (non-hydrogen) atoms. The molecule has 1 aromatic heterocycles. The van der Waals surface area contributed by atoms with Crippen molar-refractivity contribution in [3.63, 3.8) is 0 Å². The lowest BCUT2D eigenvalue weighted by atomic mass is 10.0. The van der Waals surface area contributed by atoms with Gasteiger partial charge in [0.15, 0.2) is 0 Å². The van der Waals surface area contributed by atoms with Crippen LogP contribution in [0.15, 0.2) is 18.5 Å². The summed E-state index contributed by atoms with van der Waals surface area (Å²) < 4.78 is 7.41. The second-order valence-electron chi connectivity index (χ2n) is 6.78. The van der Waals surface area contributed by atoms with Crippen molar-refractivity contribution >= 4 is 43.1 Å². The van der Waals surface area contributed by atoms with E-state index in [-0.39, 0.29) is 49.2 Å². The quantitative estimate of drug-likeness (QED) is 0.719. The highest BCUT2D eigenvalue weighted by Gasteiger charge is 2.27. The molecular weight excluding hydrogens is 413 g/mol. The summed E-state index contributed by atoms with van der Waals surface area (Å²) in [5, 5.41) is 7.60. The van der Waals surface area contributed by atoms with Crippen molar-refractivity contribution in [3.8, 4) is 0 Å². The Balaban J connectivity index is 0.00000225. The first-order chi connectivity index (χ1) is 11.7. The van der Waals surface area contributed by atoms with Crippen molar-refractivity contribution in [2.45, 2.75) is 37.9 Å². The monoisotopic (exact) mass is 443 g/mol. The number of piperidine rings is 1. The van der Waals surface area contributed by atoms with Crippen LogP contribution in [0.3, 0.4) is 0 Å². The van der Waals surface area contributed by atoms with Gasteiger partial charge in [-0.05, 0) is 18.9 Å². The molecule has 158 valence electrons. The van der Waals surface area contributed by atoms with E-state index in [2.05, 4.69) is 15.3 Å². The lowest BCUT2D eigenvalue weighted by Crippen LogP contribution is -2.49. The number of hydrogen-bond acceptors (Lipinski definition) is 5. The van der Waals surface area contributed by atoms with Crippen LogP contribution in [0.2, 0.25) is 0 Å². The van der Waals surface area contributed by atoms with Crippen LogP contribution in [0.25, 0.3) is 0 Å². The van der Waals surface area contributed by atoms with Gasteiger partial charge in [-0.15, -0.1) is 37.2 Å². The van der Waals surface area contributed by atoms with E-state index in [0.717, 1.165) is 52.2 Å². The van der Waals surface area contributed by atoms with Crippen LogP contribution >= 0.6 is 37.2 Å². The van der Waals surface area contributed by atoms with Gasteiger partial charge in [-0.2, -0.15) is 5.10 Å². The van der Waals surface area contributed by atoms with Crippen LogP contribution in [0, 0.1) is 0 Å². The van der Waals surface area contributed by atoms with Gasteiger partial charge in [-0.1, -0.05) is 0 Å². The lowest BCUT2D eigenvalue weighted by molar-refractivity contribution is -0.134.